The second-order valence-electron chi connectivity index (χ2n) is 8.35. The van der Waals surface area contributed by atoms with Crippen molar-refractivity contribution in [2.75, 3.05) is 58.0 Å². The van der Waals surface area contributed by atoms with Crippen LogP contribution in [-0.2, 0) is 6.54 Å². The molecule has 0 amide bonds. The van der Waals surface area contributed by atoms with Crippen molar-refractivity contribution in [3.63, 3.8) is 0 Å². The number of ether oxygens (including phenoxy) is 2. The lowest BCUT2D eigenvalue weighted by atomic mass is 10.1. The molecule has 0 aliphatic carbocycles. The van der Waals surface area contributed by atoms with Gasteiger partial charge in [0.1, 0.15) is 11.5 Å². The van der Waals surface area contributed by atoms with E-state index in [0.717, 1.165) is 86.6 Å². The quantitative estimate of drug-likeness (QED) is 0.535. The molecule has 2 aliphatic heterocycles. The van der Waals surface area contributed by atoms with Gasteiger partial charge in [0.05, 0.1) is 6.54 Å². The van der Waals surface area contributed by atoms with Gasteiger partial charge in [0.2, 0.25) is 6.79 Å². The fourth-order valence-electron chi connectivity index (χ4n) is 4.23. The molecule has 0 atom stereocenters. The highest BCUT2D eigenvalue weighted by atomic mass is 16.7. The van der Waals surface area contributed by atoms with Gasteiger partial charge >= 0.3 is 0 Å². The molecule has 0 saturated carbocycles. The highest BCUT2D eigenvalue weighted by molar-refractivity contribution is 5.64. The van der Waals surface area contributed by atoms with E-state index in [0.29, 0.717) is 0 Å². The van der Waals surface area contributed by atoms with Crippen molar-refractivity contribution >= 4 is 5.82 Å². The zero-order valence-electron chi connectivity index (χ0n) is 18.4. The number of anilines is 1. The second-order valence-corrected chi connectivity index (χ2v) is 8.35. The SMILES string of the molecule is CN(CCCN1CCN(c2ccccn2)CC1)Cc1cc(-c2ccc3c(c2)OCO3)no1. The number of fused-ring (bicyclic) bond motifs is 1. The van der Waals surface area contributed by atoms with Crippen LogP contribution >= 0.6 is 0 Å². The van der Waals surface area contributed by atoms with Crippen LogP contribution in [0.3, 0.4) is 0 Å². The first-order valence-corrected chi connectivity index (χ1v) is 11.2. The molecule has 8 nitrogen and oxygen atoms in total. The van der Waals surface area contributed by atoms with Gasteiger partial charge in [-0.05, 0) is 56.9 Å². The Labute approximate surface area is 188 Å². The van der Waals surface area contributed by atoms with Gasteiger partial charge in [-0.2, -0.15) is 0 Å². The van der Waals surface area contributed by atoms with E-state index in [-0.39, 0.29) is 6.79 Å². The predicted octanol–water partition coefficient (Wildman–Crippen LogP) is 3.11. The zero-order chi connectivity index (χ0) is 21.8. The summed E-state index contributed by atoms with van der Waals surface area (Å²) in [6.07, 6.45) is 2.99. The molecule has 32 heavy (non-hydrogen) atoms. The Morgan fingerprint density at radius 1 is 1.00 bits per heavy atom. The standard InChI is InChI=1S/C24H29N5O3/c1-27(9-4-10-28-11-13-29(14-12-28)24-5-2-3-8-25-24)17-20-16-21(26-32-20)19-6-7-22-23(15-19)31-18-30-22/h2-3,5-8,15-16H,4,9-14,17-18H2,1H3. The first-order chi connectivity index (χ1) is 15.7. The van der Waals surface area contributed by atoms with Crippen LogP contribution in [0.2, 0.25) is 0 Å². The Hall–Kier alpha value is -3.10. The smallest absolute Gasteiger partial charge is 0.231 e. The maximum absolute atomic E-state index is 5.57. The molecule has 1 aromatic carbocycles. The van der Waals surface area contributed by atoms with Crippen LogP contribution in [0.1, 0.15) is 12.2 Å². The minimum Gasteiger partial charge on any atom is -0.454 e. The van der Waals surface area contributed by atoms with Gasteiger partial charge < -0.3 is 18.9 Å². The van der Waals surface area contributed by atoms with Crippen LogP contribution in [0.25, 0.3) is 11.3 Å². The highest BCUT2D eigenvalue weighted by Gasteiger charge is 2.18. The fraction of sp³-hybridized carbons (Fsp3) is 0.417. The predicted molar refractivity (Wildman–Crippen MR) is 122 cm³/mol. The first kappa shape index (κ1) is 20.8. The molecular weight excluding hydrogens is 406 g/mol. The molecule has 0 radical (unpaired) electrons. The van der Waals surface area contributed by atoms with E-state index >= 15 is 0 Å². The van der Waals surface area contributed by atoms with Crippen molar-refractivity contribution in [2.45, 2.75) is 13.0 Å². The summed E-state index contributed by atoms with van der Waals surface area (Å²) >= 11 is 0. The number of aromatic nitrogens is 2. The minimum absolute atomic E-state index is 0.271. The second kappa shape index (κ2) is 9.58. The van der Waals surface area contributed by atoms with Crippen LogP contribution in [-0.4, -0.2) is 73.0 Å². The maximum Gasteiger partial charge on any atom is 0.231 e. The molecule has 2 aliphatic rings. The van der Waals surface area contributed by atoms with Crippen molar-refractivity contribution in [2.24, 2.45) is 0 Å². The Morgan fingerprint density at radius 2 is 1.88 bits per heavy atom. The largest absolute Gasteiger partial charge is 0.454 e. The molecule has 8 heteroatoms. The summed E-state index contributed by atoms with van der Waals surface area (Å²) in [5.74, 6) is 3.48. The van der Waals surface area contributed by atoms with Crippen LogP contribution in [0.5, 0.6) is 11.5 Å². The summed E-state index contributed by atoms with van der Waals surface area (Å²) in [6, 6.07) is 13.9. The molecule has 0 unspecified atom stereocenters. The number of rotatable bonds is 8. The van der Waals surface area contributed by atoms with E-state index in [1.54, 1.807) is 0 Å². The molecule has 168 valence electrons. The molecule has 1 saturated heterocycles. The molecule has 3 aromatic rings. The lowest BCUT2D eigenvalue weighted by Gasteiger charge is -2.35. The molecule has 0 N–H and O–H groups in total. The van der Waals surface area contributed by atoms with Gasteiger partial charge in [0.25, 0.3) is 0 Å². The van der Waals surface area contributed by atoms with Crippen LogP contribution in [0.15, 0.2) is 53.2 Å². The summed E-state index contributed by atoms with van der Waals surface area (Å²) in [5.41, 5.74) is 1.79. The van der Waals surface area contributed by atoms with Crippen molar-refractivity contribution < 1.29 is 14.0 Å². The van der Waals surface area contributed by atoms with Gasteiger partial charge in [-0.25, -0.2) is 4.98 Å². The monoisotopic (exact) mass is 435 g/mol. The third-order valence-electron chi connectivity index (χ3n) is 6.01. The maximum atomic E-state index is 5.57. The lowest BCUT2D eigenvalue weighted by molar-refractivity contribution is 0.174. The summed E-state index contributed by atoms with van der Waals surface area (Å²) in [6.45, 7) is 7.38. The fourth-order valence-corrected chi connectivity index (χ4v) is 4.23. The Kier molecular flexibility index (Phi) is 6.22. The first-order valence-electron chi connectivity index (χ1n) is 11.2. The van der Waals surface area contributed by atoms with E-state index in [1.165, 1.54) is 0 Å². The third-order valence-corrected chi connectivity index (χ3v) is 6.01. The average Bonchev–Trinajstić information content (AvgIpc) is 3.49. The van der Waals surface area contributed by atoms with E-state index in [2.05, 4.69) is 44.0 Å². The topological polar surface area (TPSA) is 67.1 Å². The van der Waals surface area contributed by atoms with Gasteiger partial charge in [-0.3, -0.25) is 9.80 Å². The van der Waals surface area contributed by atoms with E-state index in [1.807, 2.05) is 36.5 Å². The number of hydrogen-bond acceptors (Lipinski definition) is 8. The number of nitrogens with zero attached hydrogens (tertiary/aromatic N) is 5. The highest BCUT2D eigenvalue weighted by Crippen LogP contribution is 2.35. The Balaban J connectivity index is 1.05. The summed E-state index contributed by atoms with van der Waals surface area (Å²) < 4.78 is 16.4. The lowest BCUT2D eigenvalue weighted by Crippen LogP contribution is -2.47. The molecule has 4 heterocycles. The molecule has 0 bridgehead atoms. The van der Waals surface area contributed by atoms with Gasteiger partial charge in [0, 0.05) is 44.0 Å². The molecule has 1 fully saturated rings. The van der Waals surface area contributed by atoms with E-state index in [4.69, 9.17) is 14.0 Å². The number of pyridine rings is 1. The summed E-state index contributed by atoms with van der Waals surface area (Å²) in [5, 5.41) is 4.23. The van der Waals surface area contributed by atoms with E-state index < -0.39 is 0 Å². The van der Waals surface area contributed by atoms with Crippen LogP contribution in [0.4, 0.5) is 5.82 Å². The van der Waals surface area contributed by atoms with Crippen molar-refractivity contribution in [1.82, 2.24) is 19.9 Å². The zero-order valence-corrected chi connectivity index (χ0v) is 18.4. The Morgan fingerprint density at radius 3 is 2.72 bits per heavy atom. The summed E-state index contributed by atoms with van der Waals surface area (Å²) in [7, 11) is 2.13. The normalized spacial score (nSPS) is 16.1. The number of hydrogen-bond donors (Lipinski definition) is 0. The third kappa shape index (κ3) is 4.87. The number of piperazine rings is 1. The minimum atomic E-state index is 0.271. The van der Waals surface area contributed by atoms with Gasteiger partial charge in [-0.1, -0.05) is 11.2 Å². The Bertz CT molecular complexity index is 1020. The van der Waals surface area contributed by atoms with E-state index in [9.17, 15) is 0 Å². The van der Waals surface area contributed by atoms with Gasteiger partial charge in [0.15, 0.2) is 17.3 Å². The molecule has 0 spiro atoms. The summed E-state index contributed by atoms with van der Waals surface area (Å²) in [4.78, 5) is 11.7. The van der Waals surface area contributed by atoms with Crippen molar-refractivity contribution in [1.29, 1.82) is 0 Å². The molecule has 5 rings (SSSR count). The molecular formula is C24H29N5O3. The van der Waals surface area contributed by atoms with Crippen LogP contribution in [0, 0.1) is 0 Å². The van der Waals surface area contributed by atoms with Crippen molar-refractivity contribution in [3.8, 4) is 22.8 Å². The number of benzene rings is 1. The van der Waals surface area contributed by atoms with Crippen LogP contribution < -0.4 is 14.4 Å². The van der Waals surface area contributed by atoms with Crippen molar-refractivity contribution in [3.05, 3.63) is 54.4 Å². The molecule has 2 aromatic heterocycles. The van der Waals surface area contributed by atoms with Gasteiger partial charge in [-0.15, -0.1) is 0 Å². The average molecular weight is 436 g/mol.